The number of aliphatic carboxylic acids is 5. The fourth-order valence-electron chi connectivity index (χ4n) is 0.428. The molecule has 9 N–H and O–H groups in total. The summed E-state index contributed by atoms with van der Waals surface area (Å²) < 4.78 is 0. The van der Waals surface area contributed by atoms with Gasteiger partial charge in [-0.2, -0.15) is 0 Å². The maximum atomic E-state index is 9.60. The molecule has 0 aromatic carbocycles. The van der Waals surface area contributed by atoms with Crippen molar-refractivity contribution in [2.75, 3.05) is 13.1 Å². The quantitative estimate of drug-likeness (QED) is 0.305. The van der Waals surface area contributed by atoms with Gasteiger partial charge in [0.1, 0.15) is 0 Å². The molecule has 12 nitrogen and oxygen atoms in total. The minimum absolute atomic E-state index is 0.222. The van der Waals surface area contributed by atoms with Crippen LogP contribution in [0.4, 0.5) is 0 Å². The summed E-state index contributed by atoms with van der Waals surface area (Å²) >= 11 is 0. The Hall–Kier alpha value is -2.73. The van der Waals surface area contributed by atoms with Crippen molar-refractivity contribution in [1.82, 2.24) is 0 Å². The third-order valence-electron chi connectivity index (χ3n) is 1.58. The minimum atomic E-state index is -0.968. The highest BCUT2D eigenvalue weighted by molar-refractivity contribution is 5.69. The molecule has 12 heteroatoms. The van der Waals surface area contributed by atoms with E-state index in [9.17, 15) is 24.0 Å². The lowest BCUT2D eigenvalue weighted by Gasteiger charge is -1.79. The van der Waals surface area contributed by atoms with Crippen LogP contribution in [0.5, 0.6) is 0 Å². The van der Waals surface area contributed by atoms with Crippen LogP contribution in [0.15, 0.2) is 0 Å². The minimum Gasteiger partial charge on any atom is -0.481 e. The zero-order chi connectivity index (χ0) is 22.8. The van der Waals surface area contributed by atoms with Crippen LogP contribution in [0.3, 0.4) is 0 Å². The van der Waals surface area contributed by atoms with Gasteiger partial charge in [0.2, 0.25) is 0 Å². The van der Waals surface area contributed by atoms with Crippen LogP contribution >= 0.6 is 0 Å². The lowest BCUT2D eigenvalue weighted by atomic mass is 10.4. The van der Waals surface area contributed by atoms with Gasteiger partial charge in [0.25, 0.3) is 0 Å². The molecule has 0 fully saturated rings. The molecule has 0 aliphatic heterocycles. The molecular weight excluding hydrogens is 368 g/mol. The predicted molar refractivity (Wildman–Crippen MR) is 96.4 cm³/mol. The molecule has 0 aromatic rings. The Morgan fingerprint density at radius 2 is 0.741 bits per heavy atom. The SMILES string of the molecule is CCC(=O)O.CCCC(=O)O.CCCC(=O)O.NCC(=O)O.NCC(=O)O. The van der Waals surface area contributed by atoms with Crippen molar-refractivity contribution in [3.63, 3.8) is 0 Å². The molecule has 0 aromatic heterocycles. The maximum Gasteiger partial charge on any atom is 0.317 e. The summed E-state index contributed by atoms with van der Waals surface area (Å²) in [5.41, 5.74) is 9.14. The average molecular weight is 400 g/mol. The molecule has 0 rings (SSSR count). The Kier molecular flexibility index (Phi) is 40.7. The second-order valence-corrected chi connectivity index (χ2v) is 4.23. The molecule has 27 heavy (non-hydrogen) atoms. The summed E-state index contributed by atoms with van der Waals surface area (Å²) in [6.45, 7) is 4.73. The summed E-state index contributed by atoms with van der Waals surface area (Å²) in [6.07, 6.45) is 2.27. The first-order valence-corrected chi connectivity index (χ1v) is 7.84. The highest BCUT2D eigenvalue weighted by Gasteiger charge is 1.88. The Balaban J connectivity index is -0.0000000749. The molecule has 0 spiro atoms. The van der Waals surface area contributed by atoms with Crippen LogP contribution in [0.1, 0.15) is 52.9 Å². The van der Waals surface area contributed by atoms with Crippen LogP contribution < -0.4 is 11.5 Å². The van der Waals surface area contributed by atoms with Crippen LogP contribution in [0, 0.1) is 0 Å². The van der Waals surface area contributed by atoms with Crippen molar-refractivity contribution in [2.24, 2.45) is 11.5 Å². The number of hydrogen-bond acceptors (Lipinski definition) is 7. The monoisotopic (exact) mass is 400 g/mol. The first-order chi connectivity index (χ1) is 12.4. The van der Waals surface area contributed by atoms with E-state index >= 15 is 0 Å². The van der Waals surface area contributed by atoms with E-state index < -0.39 is 29.8 Å². The summed E-state index contributed by atoms with van der Waals surface area (Å²) in [6, 6.07) is 0. The molecule has 0 heterocycles. The lowest BCUT2D eigenvalue weighted by Crippen LogP contribution is -2.10. The molecule has 0 bridgehead atoms. The van der Waals surface area contributed by atoms with Crippen LogP contribution in [0.25, 0.3) is 0 Å². The van der Waals surface area contributed by atoms with Gasteiger partial charge in [-0.25, -0.2) is 0 Å². The molecule has 0 aliphatic rings. The highest BCUT2D eigenvalue weighted by Crippen LogP contribution is 1.82. The Bertz CT molecular complexity index is 351. The molecule has 0 saturated heterocycles. The number of nitrogens with two attached hydrogens (primary N) is 2. The van der Waals surface area contributed by atoms with E-state index in [0.717, 1.165) is 12.8 Å². The topological polar surface area (TPSA) is 239 Å². The highest BCUT2D eigenvalue weighted by atomic mass is 16.4. The van der Waals surface area contributed by atoms with E-state index in [2.05, 4.69) is 11.5 Å². The lowest BCUT2D eigenvalue weighted by molar-refractivity contribution is -0.138. The number of rotatable bonds is 7. The second kappa shape index (κ2) is 31.1. The number of carbonyl (C=O) groups is 5. The normalized spacial score (nSPS) is 7.74. The molecule has 0 unspecified atom stereocenters. The largest absolute Gasteiger partial charge is 0.481 e. The zero-order valence-corrected chi connectivity index (χ0v) is 15.9. The van der Waals surface area contributed by atoms with E-state index in [-0.39, 0.29) is 19.5 Å². The zero-order valence-electron chi connectivity index (χ0n) is 15.9. The fourth-order valence-corrected chi connectivity index (χ4v) is 0.428. The van der Waals surface area contributed by atoms with Crippen LogP contribution in [-0.4, -0.2) is 68.5 Å². The molecule has 0 radical (unpaired) electrons. The van der Waals surface area contributed by atoms with E-state index in [1.165, 1.54) is 0 Å². The van der Waals surface area contributed by atoms with Crippen molar-refractivity contribution >= 4 is 29.8 Å². The summed E-state index contributed by atoms with van der Waals surface area (Å²) in [5.74, 6) is -4.10. The van der Waals surface area contributed by atoms with Gasteiger partial charge in [0.15, 0.2) is 0 Å². The molecule has 0 atom stereocenters. The predicted octanol–water partition coefficient (Wildman–Crippen LogP) is 0.283. The Labute approximate surface area is 157 Å². The third-order valence-corrected chi connectivity index (χ3v) is 1.58. The Morgan fingerprint density at radius 3 is 0.741 bits per heavy atom. The van der Waals surface area contributed by atoms with Crippen LogP contribution in [-0.2, 0) is 24.0 Å². The van der Waals surface area contributed by atoms with Crippen molar-refractivity contribution in [3.8, 4) is 0 Å². The summed E-state index contributed by atoms with van der Waals surface area (Å²) in [4.78, 5) is 47.1. The van der Waals surface area contributed by atoms with Gasteiger partial charge in [-0.1, -0.05) is 20.8 Å². The first-order valence-electron chi connectivity index (χ1n) is 7.84. The molecule has 0 aliphatic carbocycles. The smallest absolute Gasteiger partial charge is 0.317 e. The van der Waals surface area contributed by atoms with Crippen molar-refractivity contribution in [1.29, 1.82) is 0 Å². The van der Waals surface area contributed by atoms with Crippen molar-refractivity contribution < 1.29 is 49.5 Å². The molecular formula is C15H32N2O10. The number of carboxylic acid groups (broad SMARTS) is 5. The number of hydrogen-bond donors (Lipinski definition) is 7. The van der Waals surface area contributed by atoms with Gasteiger partial charge in [-0.05, 0) is 12.8 Å². The summed E-state index contributed by atoms with van der Waals surface area (Å²) in [7, 11) is 0. The standard InChI is InChI=1S/2C4H8O2.C3H6O2.2C2H5NO2/c2*1-2-3-4(5)6;1-2-3(4)5;2*3-1-2(4)5/h2*2-3H2,1H3,(H,5,6);2H2,1H3,(H,4,5);2*1,3H2,(H,4,5). The first kappa shape index (κ1) is 35.4. The van der Waals surface area contributed by atoms with E-state index in [1.807, 2.05) is 13.8 Å². The van der Waals surface area contributed by atoms with E-state index in [4.69, 9.17) is 25.5 Å². The number of carboxylic acids is 5. The molecule has 162 valence electrons. The van der Waals surface area contributed by atoms with Gasteiger partial charge >= 0.3 is 29.8 Å². The maximum absolute atomic E-state index is 9.60. The van der Waals surface area contributed by atoms with Gasteiger partial charge in [-0.3, -0.25) is 24.0 Å². The van der Waals surface area contributed by atoms with E-state index in [0.29, 0.717) is 12.8 Å². The van der Waals surface area contributed by atoms with Gasteiger partial charge in [0.05, 0.1) is 13.1 Å². The summed E-state index contributed by atoms with van der Waals surface area (Å²) in [5, 5.41) is 38.7. The van der Waals surface area contributed by atoms with Gasteiger partial charge in [-0.15, -0.1) is 0 Å². The van der Waals surface area contributed by atoms with Gasteiger partial charge < -0.3 is 37.0 Å². The van der Waals surface area contributed by atoms with Crippen molar-refractivity contribution in [3.05, 3.63) is 0 Å². The molecule has 0 saturated carbocycles. The fraction of sp³-hybridized carbons (Fsp3) is 0.667. The van der Waals surface area contributed by atoms with E-state index in [1.54, 1.807) is 6.92 Å². The third kappa shape index (κ3) is 123. The van der Waals surface area contributed by atoms with Crippen LogP contribution in [0.2, 0.25) is 0 Å². The van der Waals surface area contributed by atoms with Crippen molar-refractivity contribution in [2.45, 2.75) is 52.9 Å². The second-order valence-electron chi connectivity index (χ2n) is 4.23. The Morgan fingerprint density at radius 1 is 0.556 bits per heavy atom. The van der Waals surface area contributed by atoms with Gasteiger partial charge in [0, 0.05) is 19.3 Å². The average Bonchev–Trinajstić information content (AvgIpc) is 2.56. The molecule has 0 amide bonds.